The second-order valence-electron chi connectivity index (χ2n) is 15.1. The van der Waals surface area contributed by atoms with E-state index in [1.54, 1.807) is 60.7 Å². The van der Waals surface area contributed by atoms with E-state index < -0.39 is 35.5 Å². The van der Waals surface area contributed by atoms with Crippen LogP contribution in [0.15, 0.2) is 134 Å². The van der Waals surface area contributed by atoms with E-state index in [1.165, 1.54) is 9.80 Å². The van der Waals surface area contributed by atoms with Crippen molar-refractivity contribution < 1.29 is 37.5 Å². The summed E-state index contributed by atoms with van der Waals surface area (Å²) in [4.78, 5) is 69.3. The molecule has 57 heavy (non-hydrogen) atoms. The second-order valence-corrected chi connectivity index (χ2v) is 15.1. The average Bonchev–Trinajstić information content (AvgIpc) is 4.07. The molecule has 0 unspecified atom stereocenters. The van der Waals surface area contributed by atoms with Gasteiger partial charge >= 0.3 is 0 Å². The Labute approximate surface area is 324 Å². The zero-order chi connectivity index (χ0) is 38.5. The number of rotatable bonds is 6. The summed E-state index contributed by atoms with van der Waals surface area (Å²) in [5.41, 5.74) is 5.79. The minimum atomic E-state index is -0.811. The third-order valence-electron chi connectivity index (χ3n) is 12.1. The number of hydrogen-bond acceptors (Lipinski definition) is 10. The summed E-state index contributed by atoms with van der Waals surface area (Å²) in [6, 6.07) is 32.2. The normalized spacial score (nSPS) is 24.3. The van der Waals surface area contributed by atoms with Crippen molar-refractivity contribution in [2.45, 2.75) is 25.4 Å². The van der Waals surface area contributed by atoms with Gasteiger partial charge in [-0.05, 0) is 104 Å². The van der Waals surface area contributed by atoms with Gasteiger partial charge in [0.25, 0.3) is 0 Å². The molecule has 0 bridgehead atoms. The van der Waals surface area contributed by atoms with Crippen molar-refractivity contribution in [3.63, 3.8) is 0 Å². The van der Waals surface area contributed by atoms with E-state index in [4.69, 9.17) is 13.3 Å². The minimum absolute atomic E-state index is 0.216. The fraction of sp³-hybridized carbons (Fsp3) is 0.200. The Morgan fingerprint density at radius 2 is 1.12 bits per heavy atom. The average molecular weight is 757 g/mol. The van der Waals surface area contributed by atoms with Crippen molar-refractivity contribution in [2.75, 3.05) is 9.80 Å². The topological polar surface area (TPSA) is 160 Å². The van der Waals surface area contributed by atoms with Crippen LogP contribution in [-0.4, -0.2) is 38.7 Å². The molecule has 12 nitrogen and oxygen atoms in total. The van der Waals surface area contributed by atoms with E-state index in [0.717, 1.165) is 16.6 Å². The monoisotopic (exact) mass is 756 g/mol. The Balaban J connectivity index is 0.917. The Hall–Kier alpha value is -6.92. The number of carbonyl (C=O) groups is 4. The van der Waals surface area contributed by atoms with E-state index >= 15 is 0 Å². The molecule has 0 spiro atoms. The van der Waals surface area contributed by atoms with Gasteiger partial charge in [0.1, 0.15) is 29.2 Å². The Morgan fingerprint density at radius 3 is 1.67 bits per heavy atom. The van der Waals surface area contributed by atoms with Gasteiger partial charge in [0.2, 0.25) is 35.4 Å². The molecule has 1 saturated carbocycles. The summed E-state index contributed by atoms with van der Waals surface area (Å²) in [5.74, 6) is -3.93. The van der Waals surface area contributed by atoms with Gasteiger partial charge in [0, 0.05) is 11.1 Å². The molecule has 11 rings (SSSR count). The molecule has 7 aromatic rings. The summed E-state index contributed by atoms with van der Waals surface area (Å²) in [5, 5.41) is 9.89. The molecule has 2 aliphatic heterocycles. The third-order valence-corrected chi connectivity index (χ3v) is 12.1. The first-order valence-electron chi connectivity index (χ1n) is 18.9. The Kier molecular flexibility index (Phi) is 7.36. The van der Waals surface area contributed by atoms with Crippen LogP contribution in [0.2, 0.25) is 0 Å². The number of oxazole rings is 2. The highest BCUT2D eigenvalue weighted by Gasteiger charge is 2.63. The molecule has 12 heteroatoms. The molecule has 4 amide bonds. The van der Waals surface area contributed by atoms with Crippen LogP contribution in [-0.2, 0) is 25.8 Å². The standard InChI is InChI=1S/C45H32N4O8/c50-22-27-17-20-36(55-27)38-28-18-19-29-37(44(53)48(42(29)51)25-13-9-23(10-14-25)40-46-32-5-1-3-7-34(32)56-40)30(28)21-31-39(38)45(54)49(43(31)52)26-15-11-24(12-16-26)41-47-33-6-2-4-8-35(33)57-41/h1-18,20,29-31,37-39,50H,19,21-22H2/t29-,30+,31+,37-,38+,39+/m0/s1. The second kappa shape index (κ2) is 12.6. The molecule has 280 valence electrons. The van der Waals surface area contributed by atoms with E-state index in [1.807, 2.05) is 54.6 Å². The van der Waals surface area contributed by atoms with Crippen LogP contribution in [0.3, 0.4) is 0 Å². The first-order valence-corrected chi connectivity index (χ1v) is 18.9. The zero-order valence-corrected chi connectivity index (χ0v) is 30.1. The number of amides is 4. The summed E-state index contributed by atoms with van der Waals surface area (Å²) >= 11 is 0. The molecule has 2 saturated heterocycles. The van der Waals surface area contributed by atoms with E-state index in [-0.39, 0.29) is 36.7 Å². The lowest BCUT2D eigenvalue weighted by Gasteiger charge is -2.43. The lowest BCUT2D eigenvalue weighted by atomic mass is 9.58. The summed E-state index contributed by atoms with van der Waals surface area (Å²) in [7, 11) is 0. The largest absolute Gasteiger partial charge is 0.463 e. The van der Waals surface area contributed by atoms with Gasteiger partial charge in [-0.3, -0.25) is 29.0 Å². The lowest BCUT2D eigenvalue weighted by molar-refractivity contribution is -0.126. The molecule has 2 aliphatic carbocycles. The molecule has 5 heterocycles. The fourth-order valence-electron chi connectivity index (χ4n) is 9.56. The van der Waals surface area contributed by atoms with Crippen LogP contribution < -0.4 is 9.80 Å². The van der Waals surface area contributed by atoms with Crippen molar-refractivity contribution in [2.24, 2.45) is 29.6 Å². The zero-order valence-electron chi connectivity index (χ0n) is 30.1. The van der Waals surface area contributed by atoms with Gasteiger partial charge in [-0.15, -0.1) is 0 Å². The minimum Gasteiger partial charge on any atom is -0.463 e. The first-order chi connectivity index (χ1) is 27.9. The van der Waals surface area contributed by atoms with Crippen molar-refractivity contribution in [1.82, 2.24) is 9.97 Å². The van der Waals surface area contributed by atoms with Crippen LogP contribution in [0.4, 0.5) is 11.4 Å². The number of para-hydroxylation sites is 4. The molecule has 4 aliphatic rings. The number of nitrogens with zero attached hydrogens (tertiary/aromatic N) is 4. The van der Waals surface area contributed by atoms with Crippen LogP contribution in [0.25, 0.3) is 45.1 Å². The van der Waals surface area contributed by atoms with E-state index in [0.29, 0.717) is 63.4 Å². The van der Waals surface area contributed by atoms with Crippen LogP contribution in [0.5, 0.6) is 0 Å². The molecule has 0 radical (unpaired) electrons. The lowest BCUT2D eigenvalue weighted by Crippen LogP contribution is -2.43. The maximum absolute atomic E-state index is 14.5. The van der Waals surface area contributed by atoms with Gasteiger partial charge < -0.3 is 18.4 Å². The summed E-state index contributed by atoms with van der Waals surface area (Å²) < 4.78 is 18.0. The Bertz CT molecular complexity index is 2770. The van der Waals surface area contributed by atoms with Crippen molar-refractivity contribution >= 4 is 57.2 Å². The van der Waals surface area contributed by atoms with Gasteiger partial charge in [-0.1, -0.05) is 35.9 Å². The molecule has 6 atom stereocenters. The molecule has 3 aromatic heterocycles. The summed E-state index contributed by atoms with van der Waals surface area (Å²) in [6.45, 7) is -0.341. The molecule has 1 N–H and O–H groups in total. The highest BCUT2D eigenvalue weighted by molar-refractivity contribution is 6.24. The third kappa shape index (κ3) is 5.03. The number of aliphatic hydroxyl groups excluding tert-OH is 1. The van der Waals surface area contributed by atoms with Gasteiger partial charge in [0.15, 0.2) is 11.2 Å². The SMILES string of the molecule is O=C1[C@H]2[C@H](CC=C3[C@H]2C[C@H]2C(=O)N(c4ccc(-c5nc6ccccc6o5)cc4)C(=O)[C@H]2[C@H]3c2ccc(CO)o2)C(=O)N1c1ccc(-c2nc3ccccc3o2)cc1. The number of aliphatic hydroxyl groups is 1. The molecular weight excluding hydrogens is 725 g/mol. The number of furan rings is 1. The number of fused-ring (bicyclic) bond motifs is 6. The van der Waals surface area contributed by atoms with E-state index in [2.05, 4.69) is 9.97 Å². The van der Waals surface area contributed by atoms with Gasteiger partial charge in [-0.25, -0.2) is 9.97 Å². The molecule has 3 fully saturated rings. The number of carbonyl (C=O) groups excluding carboxylic acids is 4. The van der Waals surface area contributed by atoms with Crippen molar-refractivity contribution in [3.05, 3.63) is 132 Å². The van der Waals surface area contributed by atoms with Crippen LogP contribution >= 0.6 is 0 Å². The number of anilines is 2. The molecule has 4 aromatic carbocycles. The highest BCUT2D eigenvalue weighted by atomic mass is 16.4. The fourth-order valence-corrected chi connectivity index (χ4v) is 9.56. The van der Waals surface area contributed by atoms with Gasteiger partial charge in [0.05, 0.1) is 41.0 Å². The van der Waals surface area contributed by atoms with Crippen molar-refractivity contribution in [3.8, 4) is 22.9 Å². The molecular formula is C45H32N4O8. The van der Waals surface area contributed by atoms with Crippen LogP contribution in [0, 0.1) is 29.6 Å². The predicted molar refractivity (Wildman–Crippen MR) is 206 cm³/mol. The van der Waals surface area contributed by atoms with Gasteiger partial charge in [-0.2, -0.15) is 0 Å². The number of benzene rings is 4. The van der Waals surface area contributed by atoms with Crippen molar-refractivity contribution in [1.29, 1.82) is 0 Å². The quantitative estimate of drug-likeness (QED) is 0.134. The number of allylic oxidation sites excluding steroid dienone is 2. The first kappa shape index (κ1) is 33.4. The highest BCUT2D eigenvalue weighted by Crippen LogP contribution is 2.58. The number of hydrogen-bond donors (Lipinski definition) is 1. The Morgan fingerprint density at radius 1 is 0.579 bits per heavy atom. The number of imide groups is 2. The van der Waals surface area contributed by atoms with E-state index in [9.17, 15) is 24.3 Å². The smallest absolute Gasteiger partial charge is 0.238 e. The predicted octanol–water partition coefficient (Wildman–Crippen LogP) is 7.43. The van der Waals surface area contributed by atoms with Crippen LogP contribution in [0.1, 0.15) is 30.3 Å². The summed E-state index contributed by atoms with van der Waals surface area (Å²) in [6.07, 6.45) is 2.48. The number of aromatic nitrogens is 2. The maximum Gasteiger partial charge on any atom is 0.238 e. The maximum atomic E-state index is 14.5.